The molecule has 0 aromatic heterocycles. The second-order valence-electron chi connectivity index (χ2n) is 8.71. The Labute approximate surface area is 188 Å². The fourth-order valence-electron chi connectivity index (χ4n) is 4.40. The topological polar surface area (TPSA) is 0 Å². The van der Waals surface area contributed by atoms with E-state index in [-0.39, 0.29) is 7.92 Å². The minimum absolute atomic E-state index is 0.256. The molecule has 0 amide bonds. The third-order valence-electron chi connectivity index (χ3n) is 6.21. The van der Waals surface area contributed by atoms with Crippen LogP contribution in [-0.4, -0.2) is 6.16 Å². The molecule has 0 radical (unpaired) electrons. The highest BCUT2D eigenvalue weighted by atomic mass is 31.1. The van der Waals surface area contributed by atoms with Crippen LogP contribution in [0.25, 0.3) is 0 Å². The first-order valence-electron chi connectivity index (χ1n) is 12.7. The van der Waals surface area contributed by atoms with E-state index in [1.807, 2.05) is 0 Å². The molecule has 0 nitrogen and oxygen atoms in total. The Morgan fingerprint density at radius 2 is 1.17 bits per heavy atom. The fourth-order valence-corrected chi connectivity index (χ4v) is 7.07. The van der Waals surface area contributed by atoms with Crippen molar-refractivity contribution < 1.29 is 0 Å². The highest BCUT2D eigenvalue weighted by Gasteiger charge is 2.20. The van der Waals surface area contributed by atoms with Crippen LogP contribution in [0.4, 0.5) is 0 Å². The number of aryl methyl sites for hydroxylation is 1. The first kappa shape index (κ1) is 25.1. The quantitative estimate of drug-likeness (QED) is 0.199. The number of unbranched alkanes of at least 4 members (excludes halogenated alkanes) is 5. The van der Waals surface area contributed by atoms with Crippen LogP contribution in [0.3, 0.4) is 0 Å². The second kappa shape index (κ2) is 14.8. The summed E-state index contributed by atoms with van der Waals surface area (Å²) >= 11 is 0. The molecule has 0 fully saturated rings. The van der Waals surface area contributed by atoms with Crippen molar-refractivity contribution in [2.45, 2.75) is 105 Å². The molecule has 0 heterocycles. The Morgan fingerprint density at radius 3 is 1.80 bits per heavy atom. The molecule has 0 bridgehead atoms. The summed E-state index contributed by atoms with van der Waals surface area (Å²) in [5, 5.41) is 3.27. The molecule has 0 saturated heterocycles. The van der Waals surface area contributed by atoms with E-state index in [9.17, 15) is 0 Å². The van der Waals surface area contributed by atoms with Gasteiger partial charge in [-0.3, -0.25) is 0 Å². The van der Waals surface area contributed by atoms with Gasteiger partial charge in [0.25, 0.3) is 0 Å². The predicted molar refractivity (Wildman–Crippen MR) is 139 cm³/mol. The molecule has 0 aliphatic rings. The van der Waals surface area contributed by atoms with Crippen LogP contribution in [0.5, 0.6) is 0 Å². The lowest BCUT2D eigenvalue weighted by atomic mass is 9.91. The minimum atomic E-state index is -0.256. The van der Waals surface area contributed by atoms with E-state index in [0.717, 1.165) is 0 Å². The summed E-state index contributed by atoms with van der Waals surface area (Å²) in [4.78, 5) is 0. The van der Waals surface area contributed by atoms with Gasteiger partial charge >= 0.3 is 0 Å². The number of hydrogen-bond donors (Lipinski definition) is 0. The normalized spacial score (nSPS) is 12.3. The lowest BCUT2D eigenvalue weighted by molar-refractivity contribution is 0.737. The predicted octanol–water partition coefficient (Wildman–Crippen LogP) is 8.34. The molecule has 0 spiro atoms. The molecule has 2 rings (SSSR count). The zero-order valence-corrected chi connectivity index (χ0v) is 21.1. The van der Waals surface area contributed by atoms with Gasteiger partial charge in [-0.1, -0.05) is 102 Å². The fraction of sp³-hybridized carbons (Fsp3) is 0.586. The number of hydrogen-bond acceptors (Lipinski definition) is 0. The molecule has 2 aromatic rings. The molecule has 0 aliphatic carbocycles. The van der Waals surface area contributed by atoms with Gasteiger partial charge in [-0.15, -0.1) is 0 Å². The van der Waals surface area contributed by atoms with Crippen molar-refractivity contribution in [3.63, 3.8) is 0 Å². The summed E-state index contributed by atoms with van der Waals surface area (Å²) in [6.45, 7) is 9.32. The van der Waals surface area contributed by atoms with Crippen molar-refractivity contribution in [1.29, 1.82) is 0 Å². The third-order valence-corrected chi connectivity index (χ3v) is 8.89. The van der Waals surface area contributed by atoms with Gasteiger partial charge in [-0.05, 0) is 86.3 Å². The first-order valence-corrected chi connectivity index (χ1v) is 14.3. The van der Waals surface area contributed by atoms with Crippen molar-refractivity contribution in [3.05, 3.63) is 59.2 Å². The van der Waals surface area contributed by atoms with Crippen LogP contribution in [0.1, 0.15) is 102 Å². The summed E-state index contributed by atoms with van der Waals surface area (Å²) in [5.41, 5.74) is 5.12. The van der Waals surface area contributed by atoms with Crippen LogP contribution in [0.2, 0.25) is 0 Å². The van der Waals surface area contributed by atoms with Gasteiger partial charge < -0.3 is 0 Å². The van der Waals surface area contributed by atoms with Crippen LogP contribution in [0.15, 0.2) is 42.5 Å². The standard InChI is InChI=1S/C29H45P/c1-5-9-16-24-30(26-18-14-13-15-19-26)29-23-22-25(17-10-6-2)27(20-11-7-3)28(29)21-12-8-4/h13-15,18-19,22-23H,5-12,16-17,20-21,24H2,1-4H3. The van der Waals surface area contributed by atoms with Crippen LogP contribution >= 0.6 is 7.92 Å². The van der Waals surface area contributed by atoms with E-state index in [1.165, 1.54) is 83.2 Å². The molecule has 166 valence electrons. The molecule has 1 heteroatoms. The van der Waals surface area contributed by atoms with Gasteiger partial charge in [-0.2, -0.15) is 0 Å². The molecule has 0 aliphatic heterocycles. The van der Waals surface area contributed by atoms with Gasteiger partial charge in [0.1, 0.15) is 0 Å². The Kier molecular flexibility index (Phi) is 12.4. The van der Waals surface area contributed by atoms with Gasteiger partial charge in [0.15, 0.2) is 0 Å². The van der Waals surface area contributed by atoms with E-state index in [4.69, 9.17) is 0 Å². The Hall–Kier alpha value is -1.13. The average molecular weight is 425 g/mol. The molecule has 1 unspecified atom stereocenters. The maximum absolute atomic E-state index is 2.55. The van der Waals surface area contributed by atoms with Crippen LogP contribution < -0.4 is 10.6 Å². The average Bonchev–Trinajstić information content (AvgIpc) is 2.78. The maximum Gasteiger partial charge on any atom is -0.0160 e. The monoisotopic (exact) mass is 424 g/mol. The molecular weight excluding hydrogens is 379 g/mol. The lowest BCUT2D eigenvalue weighted by Crippen LogP contribution is -2.21. The van der Waals surface area contributed by atoms with E-state index in [1.54, 1.807) is 27.3 Å². The van der Waals surface area contributed by atoms with E-state index in [0.29, 0.717) is 0 Å². The van der Waals surface area contributed by atoms with Gasteiger partial charge in [-0.25, -0.2) is 0 Å². The molecular formula is C29H45P. The van der Waals surface area contributed by atoms with Crippen molar-refractivity contribution in [3.8, 4) is 0 Å². The smallest absolute Gasteiger partial charge is 0.0160 e. The largest absolute Gasteiger partial charge is 0.0654 e. The zero-order chi connectivity index (χ0) is 21.6. The zero-order valence-electron chi connectivity index (χ0n) is 20.2. The van der Waals surface area contributed by atoms with Crippen molar-refractivity contribution in [1.82, 2.24) is 0 Å². The number of benzene rings is 2. The summed E-state index contributed by atoms with van der Waals surface area (Å²) < 4.78 is 0. The Bertz CT molecular complexity index is 704. The summed E-state index contributed by atoms with van der Waals surface area (Å²) in [7, 11) is -0.256. The van der Waals surface area contributed by atoms with Gasteiger partial charge in [0.05, 0.1) is 0 Å². The molecule has 1 atom stereocenters. The maximum atomic E-state index is 2.55. The van der Waals surface area contributed by atoms with Gasteiger partial charge in [0, 0.05) is 0 Å². The summed E-state index contributed by atoms with van der Waals surface area (Å²) in [6.07, 6.45) is 17.0. The Morgan fingerprint density at radius 1 is 0.567 bits per heavy atom. The minimum Gasteiger partial charge on any atom is -0.0654 e. The second-order valence-corrected chi connectivity index (χ2v) is 11.0. The third kappa shape index (κ3) is 7.53. The van der Waals surface area contributed by atoms with E-state index in [2.05, 4.69) is 70.2 Å². The molecule has 2 aromatic carbocycles. The highest BCUT2D eigenvalue weighted by Crippen LogP contribution is 2.38. The van der Waals surface area contributed by atoms with Crippen molar-refractivity contribution >= 4 is 18.5 Å². The molecule has 30 heavy (non-hydrogen) atoms. The van der Waals surface area contributed by atoms with Crippen molar-refractivity contribution in [2.24, 2.45) is 0 Å². The first-order chi connectivity index (χ1) is 14.8. The molecule has 0 N–H and O–H groups in total. The summed E-state index contributed by atoms with van der Waals surface area (Å²) in [6, 6.07) is 16.5. The van der Waals surface area contributed by atoms with E-state index < -0.39 is 0 Å². The SMILES string of the molecule is CCCCCP(c1ccccc1)c1ccc(CCCC)c(CCCC)c1CCCC. The number of rotatable bonds is 15. The van der Waals surface area contributed by atoms with Crippen LogP contribution in [-0.2, 0) is 19.3 Å². The lowest BCUT2D eigenvalue weighted by Gasteiger charge is -2.26. The Balaban J connectivity index is 2.53. The highest BCUT2D eigenvalue weighted by molar-refractivity contribution is 7.73. The van der Waals surface area contributed by atoms with Crippen LogP contribution in [0, 0.1) is 0 Å². The molecule has 0 saturated carbocycles. The summed E-state index contributed by atoms with van der Waals surface area (Å²) in [5.74, 6) is 0. The van der Waals surface area contributed by atoms with Crippen molar-refractivity contribution in [2.75, 3.05) is 6.16 Å². The van der Waals surface area contributed by atoms with Gasteiger partial charge in [0.2, 0.25) is 0 Å². The van der Waals surface area contributed by atoms with E-state index >= 15 is 0 Å².